The SMILES string of the molecule is Nc1cc(Nc2cccc(-c3nnc(-c4ccccc4)[nH]3)c2)ccc1/C(C=O)=C/c1ccc[nH]1. The van der Waals surface area contributed by atoms with Gasteiger partial charge < -0.3 is 21.0 Å². The van der Waals surface area contributed by atoms with Crippen LogP contribution in [0.15, 0.2) is 91.1 Å². The number of H-pyrrole nitrogens is 2. The number of nitrogens with zero attached hydrogens (tertiary/aromatic N) is 2. The lowest BCUT2D eigenvalue weighted by Crippen LogP contribution is -1.98. The van der Waals surface area contributed by atoms with Gasteiger partial charge in [-0.1, -0.05) is 48.5 Å². The lowest BCUT2D eigenvalue weighted by atomic mass is 10.0. The van der Waals surface area contributed by atoms with E-state index in [1.54, 1.807) is 12.3 Å². The molecule has 0 saturated heterocycles. The zero-order valence-electron chi connectivity index (χ0n) is 18.2. The maximum Gasteiger partial charge on any atom is 0.161 e. The Kier molecular flexibility index (Phi) is 5.73. The van der Waals surface area contributed by atoms with E-state index in [0.29, 0.717) is 22.6 Å². The topological polar surface area (TPSA) is 112 Å². The van der Waals surface area contributed by atoms with Gasteiger partial charge in [0.05, 0.1) is 0 Å². The second-order valence-corrected chi connectivity index (χ2v) is 7.74. The molecule has 0 spiro atoms. The van der Waals surface area contributed by atoms with Crippen LogP contribution in [0, 0.1) is 0 Å². The van der Waals surface area contributed by atoms with E-state index in [2.05, 4.69) is 25.5 Å². The third kappa shape index (κ3) is 4.49. The zero-order valence-corrected chi connectivity index (χ0v) is 18.2. The second-order valence-electron chi connectivity index (χ2n) is 7.74. The lowest BCUT2D eigenvalue weighted by Gasteiger charge is -2.11. The number of nitrogens with one attached hydrogen (secondary N) is 3. The standard InChI is InChI=1S/C27H22N6O/c28-25-16-23(11-12-24(25)20(17-34)15-21-10-5-13-29-21)30-22-9-4-8-19(14-22)27-31-26(32-33-27)18-6-2-1-3-7-18/h1-17,29-30H,28H2,(H,31,32,33)/b20-15+. The van der Waals surface area contributed by atoms with E-state index >= 15 is 0 Å². The number of aromatic amines is 2. The van der Waals surface area contributed by atoms with E-state index in [9.17, 15) is 4.79 Å². The average Bonchev–Trinajstić information content (AvgIpc) is 3.56. The number of hydrogen-bond donors (Lipinski definition) is 4. The number of nitrogens with two attached hydrogens (primary N) is 1. The van der Waals surface area contributed by atoms with Crippen molar-refractivity contribution in [2.45, 2.75) is 0 Å². The first-order valence-corrected chi connectivity index (χ1v) is 10.8. The molecule has 34 heavy (non-hydrogen) atoms. The van der Waals surface area contributed by atoms with Gasteiger partial charge >= 0.3 is 0 Å². The quantitative estimate of drug-likeness (QED) is 0.149. The zero-order chi connectivity index (χ0) is 23.3. The van der Waals surface area contributed by atoms with Crippen molar-refractivity contribution in [2.75, 3.05) is 11.1 Å². The minimum atomic E-state index is 0.507. The average molecular weight is 447 g/mol. The van der Waals surface area contributed by atoms with Crippen LogP contribution in [0.3, 0.4) is 0 Å². The van der Waals surface area contributed by atoms with Crippen molar-refractivity contribution in [1.82, 2.24) is 20.2 Å². The third-order valence-corrected chi connectivity index (χ3v) is 5.38. The highest BCUT2D eigenvalue weighted by molar-refractivity contribution is 6.15. The van der Waals surface area contributed by atoms with Crippen molar-refractivity contribution in [3.05, 3.63) is 102 Å². The Morgan fingerprint density at radius 1 is 0.824 bits per heavy atom. The molecule has 0 bridgehead atoms. The summed E-state index contributed by atoms with van der Waals surface area (Å²) in [6.07, 6.45) is 4.39. The van der Waals surface area contributed by atoms with Gasteiger partial charge in [-0.05, 0) is 42.5 Å². The summed E-state index contributed by atoms with van der Waals surface area (Å²) in [5.74, 6) is 1.40. The first kappa shape index (κ1) is 21.0. The molecule has 7 heteroatoms. The van der Waals surface area contributed by atoms with Crippen LogP contribution in [-0.2, 0) is 4.79 Å². The summed E-state index contributed by atoms with van der Waals surface area (Å²) >= 11 is 0. The normalized spacial score (nSPS) is 11.4. The Morgan fingerprint density at radius 2 is 1.59 bits per heavy atom. The van der Waals surface area contributed by atoms with E-state index in [4.69, 9.17) is 5.73 Å². The van der Waals surface area contributed by atoms with Crippen LogP contribution >= 0.6 is 0 Å². The van der Waals surface area contributed by atoms with Crippen LogP contribution in [0.4, 0.5) is 17.1 Å². The second kappa shape index (κ2) is 9.30. The molecule has 7 nitrogen and oxygen atoms in total. The van der Waals surface area contributed by atoms with Crippen LogP contribution in [0.25, 0.3) is 34.4 Å². The maximum absolute atomic E-state index is 11.7. The highest BCUT2D eigenvalue weighted by Gasteiger charge is 2.10. The Hall–Kier alpha value is -4.91. The lowest BCUT2D eigenvalue weighted by molar-refractivity contribution is -0.103. The van der Waals surface area contributed by atoms with Gasteiger partial charge in [0.15, 0.2) is 17.9 Å². The predicted octanol–water partition coefficient (Wildman–Crippen LogP) is 5.53. The molecule has 0 aliphatic rings. The molecule has 166 valence electrons. The van der Waals surface area contributed by atoms with Gasteiger partial charge in [-0.25, -0.2) is 0 Å². The maximum atomic E-state index is 11.7. The van der Waals surface area contributed by atoms with Crippen LogP contribution < -0.4 is 11.1 Å². The molecule has 0 saturated carbocycles. The van der Waals surface area contributed by atoms with E-state index in [1.807, 2.05) is 84.9 Å². The molecule has 0 amide bonds. The fourth-order valence-electron chi connectivity index (χ4n) is 3.71. The van der Waals surface area contributed by atoms with Gasteiger partial charge in [0, 0.05) is 51.2 Å². The molecule has 0 aliphatic heterocycles. The third-order valence-electron chi connectivity index (χ3n) is 5.38. The molecule has 5 rings (SSSR count). The Morgan fingerprint density at radius 3 is 2.32 bits per heavy atom. The summed E-state index contributed by atoms with van der Waals surface area (Å²) in [5, 5.41) is 11.9. The summed E-state index contributed by atoms with van der Waals surface area (Å²) in [6, 6.07) is 27.1. The molecule has 2 aromatic heterocycles. The van der Waals surface area contributed by atoms with E-state index in [-0.39, 0.29) is 0 Å². The number of benzene rings is 3. The summed E-state index contributed by atoms with van der Waals surface area (Å²) in [6.45, 7) is 0. The first-order chi connectivity index (χ1) is 16.7. The van der Waals surface area contributed by atoms with Crippen LogP contribution in [0.2, 0.25) is 0 Å². The number of allylic oxidation sites excluding steroid dienone is 1. The molecular weight excluding hydrogens is 424 g/mol. The van der Waals surface area contributed by atoms with Crippen molar-refractivity contribution in [3.63, 3.8) is 0 Å². The molecule has 5 N–H and O–H groups in total. The van der Waals surface area contributed by atoms with Crippen LogP contribution in [0.5, 0.6) is 0 Å². The summed E-state index contributed by atoms with van der Waals surface area (Å²) in [4.78, 5) is 18.0. The minimum Gasteiger partial charge on any atom is -0.398 e. The number of nitrogen functional groups attached to an aromatic ring is 1. The summed E-state index contributed by atoms with van der Waals surface area (Å²) in [5.41, 5.74) is 12.4. The fourth-order valence-corrected chi connectivity index (χ4v) is 3.71. The first-order valence-electron chi connectivity index (χ1n) is 10.8. The van der Waals surface area contributed by atoms with Gasteiger partial charge in [0.2, 0.25) is 0 Å². The molecule has 2 heterocycles. The predicted molar refractivity (Wildman–Crippen MR) is 136 cm³/mol. The number of carbonyl (C=O) groups excluding carboxylic acids is 1. The number of carbonyl (C=O) groups is 1. The fraction of sp³-hybridized carbons (Fsp3) is 0. The van der Waals surface area contributed by atoms with Crippen LogP contribution in [-0.4, -0.2) is 26.5 Å². The number of hydrogen-bond acceptors (Lipinski definition) is 5. The van der Waals surface area contributed by atoms with Gasteiger partial charge in [-0.2, -0.15) is 0 Å². The summed E-state index contributed by atoms with van der Waals surface area (Å²) < 4.78 is 0. The Bertz CT molecular complexity index is 1450. The highest BCUT2D eigenvalue weighted by Crippen LogP contribution is 2.28. The smallest absolute Gasteiger partial charge is 0.161 e. The minimum absolute atomic E-state index is 0.507. The van der Waals surface area contributed by atoms with Gasteiger partial charge in [0.25, 0.3) is 0 Å². The molecule has 0 atom stereocenters. The number of rotatable bonds is 7. The Labute approximate surface area is 196 Å². The van der Waals surface area contributed by atoms with Gasteiger partial charge in [-0.3, -0.25) is 4.79 Å². The van der Waals surface area contributed by atoms with Crippen molar-refractivity contribution in [2.24, 2.45) is 0 Å². The van der Waals surface area contributed by atoms with Crippen LogP contribution in [0.1, 0.15) is 11.3 Å². The van der Waals surface area contributed by atoms with E-state index < -0.39 is 0 Å². The number of aldehydes is 1. The molecule has 0 radical (unpaired) electrons. The van der Waals surface area contributed by atoms with E-state index in [1.165, 1.54) is 0 Å². The molecular formula is C27H22N6O. The van der Waals surface area contributed by atoms with E-state index in [0.717, 1.165) is 40.3 Å². The Balaban J connectivity index is 1.36. The monoisotopic (exact) mass is 446 g/mol. The molecule has 0 unspecified atom stereocenters. The molecule has 3 aromatic carbocycles. The van der Waals surface area contributed by atoms with Gasteiger partial charge in [-0.15, -0.1) is 10.2 Å². The largest absolute Gasteiger partial charge is 0.398 e. The van der Waals surface area contributed by atoms with Crippen molar-refractivity contribution in [3.8, 4) is 22.8 Å². The molecule has 0 fully saturated rings. The van der Waals surface area contributed by atoms with Crippen molar-refractivity contribution in [1.29, 1.82) is 0 Å². The number of aromatic nitrogens is 4. The van der Waals surface area contributed by atoms with Crippen molar-refractivity contribution < 1.29 is 4.79 Å². The number of anilines is 3. The summed E-state index contributed by atoms with van der Waals surface area (Å²) in [7, 11) is 0. The van der Waals surface area contributed by atoms with Crippen molar-refractivity contribution >= 4 is 35.0 Å². The van der Waals surface area contributed by atoms with Gasteiger partial charge in [0.1, 0.15) is 0 Å². The highest BCUT2D eigenvalue weighted by atomic mass is 16.1. The molecule has 5 aromatic rings. The molecule has 0 aliphatic carbocycles.